The van der Waals surface area contributed by atoms with Crippen LogP contribution in [0.3, 0.4) is 0 Å². The van der Waals surface area contributed by atoms with Crippen LogP contribution in [-0.4, -0.2) is 22.8 Å². The van der Waals surface area contributed by atoms with Gasteiger partial charge in [-0.2, -0.15) is 5.10 Å². The van der Waals surface area contributed by atoms with Crippen molar-refractivity contribution in [2.45, 2.75) is 44.9 Å². The van der Waals surface area contributed by atoms with Gasteiger partial charge in [-0.1, -0.05) is 6.42 Å². The summed E-state index contributed by atoms with van der Waals surface area (Å²) in [5.74, 6) is -0.482. The lowest BCUT2D eigenvalue weighted by Crippen LogP contribution is -2.29. The SMILES string of the molecule is NC(=O)N/N=C1\CCCCC1CCCC(=O)O. The molecule has 17 heavy (non-hydrogen) atoms. The summed E-state index contributed by atoms with van der Waals surface area (Å²) in [7, 11) is 0. The first-order valence-corrected chi connectivity index (χ1v) is 5.93. The van der Waals surface area contributed by atoms with Gasteiger partial charge in [-0.05, 0) is 38.0 Å². The second-order valence-electron chi connectivity index (χ2n) is 4.31. The normalized spacial score (nSPS) is 22.4. The van der Waals surface area contributed by atoms with E-state index < -0.39 is 12.0 Å². The van der Waals surface area contributed by atoms with Crippen LogP contribution in [0.5, 0.6) is 0 Å². The summed E-state index contributed by atoms with van der Waals surface area (Å²) < 4.78 is 0. The first-order valence-electron chi connectivity index (χ1n) is 5.93. The van der Waals surface area contributed by atoms with Crippen LogP contribution in [0.2, 0.25) is 0 Å². The van der Waals surface area contributed by atoms with Crippen molar-refractivity contribution in [1.29, 1.82) is 0 Å². The molecule has 1 rings (SSSR count). The van der Waals surface area contributed by atoms with E-state index in [4.69, 9.17) is 10.8 Å². The van der Waals surface area contributed by atoms with Crippen molar-refractivity contribution in [2.75, 3.05) is 0 Å². The van der Waals surface area contributed by atoms with E-state index in [1.807, 2.05) is 0 Å². The van der Waals surface area contributed by atoms with Gasteiger partial charge in [-0.25, -0.2) is 10.2 Å². The molecule has 4 N–H and O–H groups in total. The molecule has 1 saturated carbocycles. The van der Waals surface area contributed by atoms with Gasteiger partial charge in [0.25, 0.3) is 0 Å². The number of carboxylic acid groups (broad SMARTS) is 1. The van der Waals surface area contributed by atoms with Gasteiger partial charge in [0.1, 0.15) is 0 Å². The summed E-state index contributed by atoms with van der Waals surface area (Å²) in [5.41, 5.74) is 8.16. The summed E-state index contributed by atoms with van der Waals surface area (Å²) in [6.07, 6.45) is 5.72. The molecule has 0 aliphatic heterocycles. The zero-order chi connectivity index (χ0) is 12.7. The van der Waals surface area contributed by atoms with E-state index in [9.17, 15) is 9.59 Å². The molecular formula is C11H19N3O3. The van der Waals surface area contributed by atoms with Gasteiger partial charge in [0.05, 0.1) is 0 Å². The lowest BCUT2D eigenvalue weighted by atomic mass is 9.84. The van der Waals surface area contributed by atoms with Gasteiger partial charge < -0.3 is 10.8 Å². The second kappa shape index (κ2) is 6.88. The van der Waals surface area contributed by atoms with E-state index in [1.54, 1.807) is 0 Å². The Hall–Kier alpha value is -1.59. The number of nitrogens with two attached hydrogens (primary N) is 1. The average molecular weight is 241 g/mol. The molecule has 0 aromatic heterocycles. The van der Waals surface area contributed by atoms with Gasteiger partial charge in [-0.3, -0.25) is 4.79 Å². The summed E-state index contributed by atoms with van der Waals surface area (Å²) >= 11 is 0. The largest absolute Gasteiger partial charge is 0.481 e. The van der Waals surface area contributed by atoms with Gasteiger partial charge >= 0.3 is 12.0 Å². The van der Waals surface area contributed by atoms with Gasteiger partial charge in [0.2, 0.25) is 0 Å². The highest BCUT2D eigenvalue weighted by Crippen LogP contribution is 2.25. The standard InChI is InChI=1S/C11H19N3O3/c12-11(17)14-13-9-6-2-1-4-8(9)5-3-7-10(15)16/h8H,1-7H2,(H,15,16)(H3,12,14,17)/b13-9+. The molecule has 1 aliphatic carbocycles. The molecule has 0 bridgehead atoms. The van der Waals surface area contributed by atoms with Gasteiger partial charge in [0.15, 0.2) is 0 Å². The Kier molecular flexibility index (Phi) is 5.45. The second-order valence-corrected chi connectivity index (χ2v) is 4.31. The number of amides is 2. The number of urea groups is 1. The Morgan fingerprint density at radius 3 is 2.88 bits per heavy atom. The monoisotopic (exact) mass is 241 g/mol. The summed E-state index contributed by atoms with van der Waals surface area (Å²) in [4.78, 5) is 21.0. The number of hydrogen-bond acceptors (Lipinski definition) is 3. The van der Waals surface area contributed by atoms with E-state index in [2.05, 4.69) is 10.5 Å². The zero-order valence-electron chi connectivity index (χ0n) is 9.82. The van der Waals surface area contributed by atoms with Crippen LogP contribution in [0, 0.1) is 5.92 Å². The number of nitrogens with one attached hydrogen (secondary N) is 1. The Labute approximate surface area is 100 Å². The van der Waals surface area contributed by atoms with Crippen LogP contribution in [0.4, 0.5) is 4.79 Å². The van der Waals surface area contributed by atoms with E-state index >= 15 is 0 Å². The maximum absolute atomic E-state index is 10.6. The third kappa shape index (κ3) is 5.33. The van der Waals surface area contributed by atoms with Gasteiger partial charge in [-0.15, -0.1) is 0 Å². The quantitative estimate of drug-likeness (QED) is 0.634. The van der Waals surface area contributed by atoms with E-state index in [1.165, 1.54) is 0 Å². The highest BCUT2D eigenvalue weighted by molar-refractivity contribution is 5.88. The minimum absolute atomic E-state index is 0.188. The molecule has 1 aliphatic rings. The molecule has 1 fully saturated rings. The van der Waals surface area contributed by atoms with Gasteiger partial charge in [0, 0.05) is 12.1 Å². The molecular weight excluding hydrogens is 222 g/mol. The van der Waals surface area contributed by atoms with E-state index in [0.717, 1.165) is 37.8 Å². The maximum Gasteiger partial charge on any atom is 0.332 e. The lowest BCUT2D eigenvalue weighted by Gasteiger charge is -2.23. The van der Waals surface area contributed by atoms with Crippen LogP contribution in [0.25, 0.3) is 0 Å². The fraction of sp³-hybridized carbons (Fsp3) is 0.727. The minimum atomic E-state index is -0.769. The van der Waals surface area contributed by atoms with Crippen molar-refractivity contribution in [1.82, 2.24) is 5.43 Å². The number of carbonyl (C=O) groups is 2. The molecule has 0 heterocycles. The van der Waals surface area contributed by atoms with Crippen molar-refractivity contribution in [3.63, 3.8) is 0 Å². The number of carbonyl (C=O) groups excluding carboxylic acids is 1. The highest BCUT2D eigenvalue weighted by Gasteiger charge is 2.20. The number of aliphatic carboxylic acids is 1. The Morgan fingerprint density at radius 2 is 2.24 bits per heavy atom. The minimum Gasteiger partial charge on any atom is -0.481 e. The first-order chi connectivity index (χ1) is 8.09. The summed E-state index contributed by atoms with van der Waals surface area (Å²) in [6, 6.07) is -0.660. The van der Waals surface area contributed by atoms with Crippen LogP contribution in [-0.2, 0) is 4.79 Å². The third-order valence-electron chi connectivity index (χ3n) is 2.96. The van der Waals surface area contributed by atoms with Crippen molar-refractivity contribution in [3.8, 4) is 0 Å². The van der Waals surface area contributed by atoms with Crippen molar-refractivity contribution in [3.05, 3.63) is 0 Å². The molecule has 0 aromatic carbocycles. The van der Waals surface area contributed by atoms with Crippen molar-refractivity contribution < 1.29 is 14.7 Å². The molecule has 1 atom stereocenters. The molecule has 2 amide bonds. The average Bonchev–Trinajstić information content (AvgIpc) is 2.27. The molecule has 0 radical (unpaired) electrons. The first kappa shape index (κ1) is 13.5. The predicted molar refractivity (Wildman–Crippen MR) is 63.6 cm³/mol. The number of rotatable bonds is 5. The number of hydrazone groups is 1. The molecule has 6 heteroatoms. The molecule has 0 spiro atoms. The third-order valence-corrected chi connectivity index (χ3v) is 2.96. The lowest BCUT2D eigenvalue weighted by molar-refractivity contribution is -0.137. The highest BCUT2D eigenvalue weighted by atomic mass is 16.4. The topological polar surface area (TPSA) is 105 Å². The summed E-state index contributed by atoms with van der Waals surface area (Å²) in [6.45, 7) is 0. The molecule has 0 aromatic rings. The predicted octanol–water partition coefficient (Wildman–Crippen LogP) is 1.46. The Morgan fingerprint density at radius 1 is 1.47 bits per heavy atom. The van der Waals surface area contributed by atoms with Crippen LogP contribution in [0.1, 0.15) is 44.9 Å². The zero-order valence-corrected chi connectivity index (χ0v) is 9.82. The van der Waals surface area contributed by atoms with Crippen molar-refractivity contribution in [2.24, 2.45) is 16.8 Å². The fourth-order valence-electron chi connectivity index (χ4n) is 2.15. The smallest absolute Gasteiger partial charge is 0.332 e. The number of primary amides is 1. The number of hydrogen-bond donors (Lipinski definition) is 3. The fourth-order valence-corrected chi connectivity index (χ4v) is 2.15. The van der Waals surface area contributed by atoms with E-state index in [-0.39, 0.29) is 12.3 Å². The van der Waals surface area contributed by atoms with Crippen LogP contribution >= 0.6 is 0 Å². The molecule has 96 valence electrons. The molecule has 1 unspecified atom stereocenters. The molecule has 0 saturated heterocycles. The Bertz CT molecular complexity index is 315. The van der Waals surface area contributed by atoms with Crippen molar-refractivity contribution >= 4 is 17.7 Å². The number of nitrogens with zero attached hydrogens (tertiary/aromatic N) is 1. The van der Waals surface area contributed by atoms with Crippen LogP contribution in [0.15, 0.2) is 5.10 Å². The summed E-state index contributed by atoms with van der Waals surface area (Å²) in [5, 5.41) is 12.6. The Balaban J connectivity index is 2.44. The molecule has 6 nitrogen and oxygen atoms in total. The van der Waals surface area contributed by atoms with E-state index in [0.29, 0.717) is 6.42 Å². The number of carboxylic acids is 1. The maximum atomic E-state index is 10.6. The van der Waals surface area contributed by atoms with Crippen LogP contribution < -0.4 is 11.2 Å².